The molecule has 0 unspecified atom stereocenters. The van der Waals surface area contributed by atoms with E-state index in [0.29, 0.717) is 6.42 Å². The monoisotopic (exact) mass is 251 g/mol. The largest absolute Gasteiger partial charge is 0.361 e. The Morgan fingerprint density at radius 3 is 2.94 bits per heavy atom. The van der Waals surface area contributed by atoms with Crippen molar-refractivity contribution in [1.82, 2.24) is 15.1 Å². The average Bonchev–Trinajstić information content (AvgIpc) is 2.78. The number of fused-ring (bicyclic) bond motifs is 1. The number of aromatic nitrogens is 1. The van der Waals surface area contributed by atoms with Gasteiger partial charge in [0.1, 0.15) is 6.04 Å². The third-order valence-electron chi connectivity index (χ3n) is 2.79. The summed E-state index contributed by atoms with van der Waals surface area (Å²) in [5, 5.41) is 3.70. The average molecular weight is 252 g/mol. The minimum Gasteiger partial charge on any atom is -0.361 e. The van der Waals surface area contributed by atoms with Crippen molar-refractivity contribution in [3.63, 3.8) is 0 Å². The molecule has 5 heteroatoms. The second kappa shape index (κ2) is 5.21. The van der Waals surface area contributed by atoms with Crippen LogP contribution >= 0.6 is 11.8 Å². The van der Waals surface area contributed by atoms with Crippen LogP contribution in [0.3, 0.4) is 0 Å². The smallest absolute Gasteiger partial charge is 0.238 e. The first-order valence-corrected chi connectivity index (χ1v) is 5.76. The van der Waals surface area contributed by atoms with Gasteiger partial charge in [-0.3, -0.25) is 4.79 Å². The second-order valence-corrected chi connectivity index (χ2v) is 4.06. The highest BCUT2D eigenvalue weighted by molar-refractivity contribution is 6.15. The number of rotatable bonds is 4. The fourth-order valence-electron chi connectivity index (χ4n) is 1.88. The van der Waals surface area contributed by atoms with Gasteiger partial charge < -0.3 is 10.3 Å². The van der Waals surface area contributed by atoms with Crippen LogP contribution < -0.4 is 10.2 Å². The molecule has 4 nitrogen and oxygen atoms in total. The molecule has 2 rings (SSSR count). The zero-order valence-electron chi connectivity index (χ0n) is 9.46. The van der Waals surface area contributed by atoms with Gasteiger partial charge >= 0.3 is 0 Å². The molecule has 0 bridgehead atoms. The van der Waals surface area contributed by atoms with E-state index in [9.17, 15) is 4.79 Å². The van der Waals surface area contributed by atoms with Crippen LogP contribution in [0.15, 0.2) is 30.5 Å². The zero-order chi connectivity index (χ0) is 12.3. The molecule has 1 amide bonds. The van der Waals surface area contributed by atoms with Gasteiger partial charge in [-0.15, -0.1) is 0 Å². The fraction of sp³-hybridized carbons (Fsp3) is 0.250. The number of amides is 1. The number of H-pyrrole nitrogens is 1. The van der Waals surface area contributed by atoms with Crippen LogP contribution in [0.1, 0.15) is 5.56 Å². The maximum absolute atomic E-state index is 11.5. The van der Waals surface area contributed by atoms with Crippen molar-refractivity contribution in [2.24, 2.45) is 0 Å². The van der Waals surface area contributed by atoms with Gasteiger partial charge in [0, 0.05) is 30.6 Å². The van der Waals surface area contributed by atoms with Crippen LogP contribution in [0.2, 0.25) is 0 Å². The normalized spacial score (nSPS) is 12.6. The number of aromatic amines is 1. The topological polar surface area (TPSA) is 56.9 Å². The van der Waals surface area contributed by atoms with E-state index in [1.54, 1.807) is 7.05 Å². The van der Waals surface area contributed by atoms with E-state index in [-0.39, 0.29) is 5.91 Å². The Labute approximate surface area is 104 Å². The van der Waals surface area contributed by atoms with Crippen molar-refractivity contribution in [1.29, 1.82) is 0 Å². The van der Waals surface area contributed by atoms with Gasteiger partial charge in [0.25, 0.3) is 0 Å². The van der Waals surface area contributed by atoms with Gasteiger partial charge in [-0.05, 0) is 23.4 Å². The molecule has 0 fully saturated rings. The van der Waals surface area contributed by atoms with E-state index < -0.39 is 6.04 Å². The van der Waals surface area contributed by atoms with Gasteiger partial charge in [-0.25, -0.2) is 4.84 Å². The minimum absolute atomic E-state index is 0.120. The summed E-state index contributed by atoms with van der Waals surface area (Å²) >= 11 is 5.59. The number of benzene rings is 1. The van der Waals surface area contributed by atoms with E-state index in [2.05, 4.69) is 15.1 Å². The number of halogens is 1. The molecule has 1 aromatic heterocycles. The summed E-state index contributed by atoms with van der Waals surface area (Å²) in [5.74, 6) is -0.120. The van der Waals surface area contributed by atoms with Crippen LogP contribution in [0.5, 0.6) is 0 Å². The summed E-state index contributed by atoms with van der Waals surface area (Å²) < 4.78 is 0. The molecule has 0 aliphatic heterocycles. The third-order valence-corrected chi connectivity index (χ3v) is 3.06. The molecule has 0 saturated heterocycles. The number of hydrogen-bond acceptors (Lipinski definition) is 2. The Kier molecular flexibility index (Phi) is 3.66. The lowest BCUT2D eigenvalue weighted by Gasteiger charge is -2.12. The molecule has 90 valence electrons. The number of carbonyl (C=O) groups is 1. The predicted molar refractivity (Wildman–Crippen MR) is 68.8 cm³/mol. The van der Waals surface area contributed by atoms with E-state index in [4.69, 9.17) is 11.8 Å². The van der Waals surface area contributed by atoms with Crippen LogP contribution in [-0.4, -0.2) is 24.0 Å². The van der Waals surface area contributed by atoms with Crippen molar-refractivity contribution in [2.45, 2.75) is 12.5 Å². The van der Waals surface area contributed by atoms with Crippen molar-refractivity contribution in [3.8, 4) is 0 Å². The van der Waals surface area contributed by atoms with Crippen LogP contribution in [0.25, 0.3) is 10.9 Å². The number of carbonyl (C=O) groups excluding carboxylic acids is 1. The van der Waals surface area contributed by atoms with E-state index in [1.807, 2.05) is 30.5 Å². The van der Waals surface area contributed by atoms with Crippen molar-refractivity contribution in [2.75, 3.05) is 7.05 Å². The lowest BCUT2D eigenvalue weighted by atomic mass is 10.1. The Hall–Kier alpha value is -1.52. The standard InChI is InChI=1S/C12H14ClN3O/c1-14-12(17)11(16-13)6-8-7-15-10-5-3-2-4-9(8)10/h2-5,7,11,15-16H,6H2,1H3,(H,14,17)/t11-/m0/s1. The molecule has 0 aliphatic rings. The van der Waals surface area contributed by atoms with E-state index in [1.165, 1.54) is 0 Å². The number of para-hydroxylation sites is 1. The Bertz CT molecular complexity index is 523. The SMILES string of the molecule is CNC(=O)[C@H](Cc1c[nH]c2ccccc12)NCl. The predicted octanol–water partition coefficient (Wildman–Crippen LogP) is 1.57. The third kappa shape index (κ3) is 2.43. The summed E-state index contributed by atoms with van der Waals surface area (Å²) in [5.41, 5.74) is 2.13. The molecular weight excluding hydrogens is 238 g/mol. The molecule has 0 radical (unpaired) electrons. The van der Waals surface area contributed by atoms with Gasteiger partial charge in [-0.2, -0.15) is 0 Å². The molecule has 1 aromatic carbocycles. The zero-order valence-corrected chi connectivity index (χ0v) is 10.2. The first kappa shape index (κ1) is 12.0. The summed E-state index contributed by atoms with van der Waals surface area (Å²) in [4.78, 5) is 17.2. The van der Waals surface area contributed by atoms with Gasteiger partial charge in [0.15, 0.2) is 0 Å². The van der Waals surface area contributed by atoms with Crippen molar-refractivity contribution in [3.05, 3.63) is 36.0 Å². The molecule has 3 N–H and O–H groups in total. The number of hydrogen-bond donors (Lipinski definition) is 3. The van der Waals surface area contributed by atoms with Crippen LogP contribution in [0, 0.1) is 0 Å². The Balaban J connectivity index is 2.25. The number of likely N-dealkylation sites (N-methyl/N-ethyl adjacent to an activating group) is 1. The molecule has 1 heterocycles. The highest BCUT2D eigenvalue weighted by Crippen LogP contribution is 2.19. The highest BCUT2D eigenvalue weighted by Gasteiger charge is 2.17. The first-order chi connectivity index (χ1) is 8.26. The summed E-state index contributed by atoms with van der Waals surface area (Å²) in [7, 11) is 1.60. The van der Waals surface area contributed by atoms with Crippen LogP contribution in [0.4, 0.5) is 0 Å². The van der Waals surface area contributed by atoms with Crippen molar-refractivity contribution >= 4 is 28.6 Å². The second-order valence-electron chi connectivity index (χ2n) is 3.84. The molecule has 2 aromatic rings. The van der Waals surface area contributed by atoms with Crippen LogP contribution in [-0.2, 0) is 11.2 Å². The molecule has 1 atom stereocenters. The lowest BCUT2D eigenvalue weighted by molar-refractivity contribution is -0.122. The number of nitrogens with one attached hydrogen (secondary N) is 3. The minimum atomic E-state index is -0.430. The summed E-state index contributed by atoms with van der Waals surface area (Å²) in [6.07, 6.45) is 2.46. The van der Waals surface area contributed by atoms with E-state index in [0.717, 1.165) is 16.5 Å². The Morgan fingerprint density at radius 2 is 2.24 bits per heavy atom. The summed E-state index contributed by atoms with van der Waals surface area (Å²) in [6, 6.07) is 7.54. The molecular formula is C12H14ClN3O. The highest BCUT2D eigenvalue weighted by atomic mass is 35.5. The van der Waals surface area contributed by atoms with Gasteiger partial charge in [0.05, 0.1) is 0 Å². The summed E-state index contributed by atoms with van der Waals surface area (Å²) in [6.45, 7) is 0. The first-order valence-electron chi connectivity index (χ1n) is 5.39. The molecule has 0 aliphatic carbocycles. The fourth-order valence-corrected chi connectivity index (χ4v) is 2.05. The Morgan fingerprint density at radius 1 is 1.47 bits per heavy atom. The maximum atomic E-state index is 11.5. The van der Waals surface area contributed by atoms with Gasteiger partial charge in [0.2, 0.25) is 5.91 Å². The van der Waals surface area contributed by atoms with Crippen molar-refractivity contribution < 1.29 is 4.79 Å². The van der Waals surface area contributed by atoms with E-state index >= 15 is 0 Å². The quantitative estimate of drug-likeness (QED) is 0.723. The molecule has 0 spiro atoms. The molecule has 0 saturated carbocycles. The molecule has 17 heavy (non-hydrogen) atoms. The maximum Gasteiger partial charge on any atom is 0.238 e. The lowest BCUT2D eigenvalue weighted by Crippen LogP contribution is -2.40. The van der Waals surface area contributed by atoms with Gasteiger partial charge in [-0.1, -0.05) is 18.2 Å².